The number of hydrogen-bond acceptors (Lipinski definition) is 5. The molecule has 1 aliphatic carbocycles. The van der Waals surface area contributed by atoms with Gasteiger partial charge in [0.2, 0.25) is 5.69 Å². The maximum atomic E-state index is 13.8. The molecule has 1 fully saturated rings. The number of carbonyl (C=O) groups is 1. The Bertz CT molecular complexity index is 1380. The van der Waals surface area contributed by atoms with Crippen molar-refractivity contribution in [3.8, 4) is 0 Å². The lowest BCUT2D eigenvalue weighted by molar-refractivity contribution is -0.385. The highest BCUT2D eigenvalue weighted by atomic mass is 79.9. The molecule has 2 aliphatic rings. The summed E-state index contributed by atoms with van der Waals surface area (Å²) < 4.78 is 3.35. The molecule has 2 atom stereocenters. The van der Waals surface area contributed by atoms with Gasteiger partial charge >= 0.3 is 11.6 Å². The number of fused-ring (bicyclic) bond motifs is 1. The molecule has 1 amide bonds. The molecule has 0 unspecified atom stereocenters. The minimum Gasteiger partial charge on any atom is -0.265 e. The van der Waals surface area contributed by atoms with E-state index in [4.69, 9.17) is 5.10 Å². The van der Waals surface area contributed by atoms with Crippen LogP contribution in [0.3, 0.4) is 0 Å². The van der Waals surface area contributed by atoms with Crippen LogP contribution in [0.4, 0.5) is 5.69 Å². The predicted molar refractivity (Wildman–Crippen MR) is 145 cm³/mol. The Morgan fingerprint density at radius 2 is 1.81 bits per heavy atom. The van der Waals surface area contributed by atoms with Crippen LogP contribution in [-0.4, -0.2) is 31.3 Å². The van der Waals surface area contributed by atoms with E-state index in [2.05, 4.69) is 43.0 Å². The fourth-order valence-electron chi connectivity index (χ4n) is 4.89. The normalized spacial score (nSPS) is 20.4. The standard InChI is InChI=1S/C26H23Br2N5O3/c1-2-31-15-22(33(35)36)24(29-31)26(34)32-25(17-8-12-20(28)13-9-17)21-5-3-4-18(23(21)30-32)14-16-6-10-19(27)11-7-16/h6-15,21,25H,2-5H2,1H3/b18-14+/t21-,25-/m1/s1. The van der Waals surface area contributed by atoms with Crippen LogP contribution in [0, 0.1) is 16.0 Å². The smallest absolute Gasteiger partial charge is 0.265 e. The number of halogens is 2. The first-order valence-corrected chi connectivity index (χ1v) is 13.3. The van der Waals surface area contributed by atoms with Gasteiger partial charge in [-0.2, -0.15) is 10.2 Å². The van der Waals surface area contributed by atoms with Gasteiger partial charge in [-0.25, -0.2) is 5.01 Å². The lowest BCUT2D eigenvalue weighted by Crippen LogP contribution is -2.32. The lowest BCUT2D eigenvalue weighted by Gasteiger charge is -2.29. The quantitative estimate of drug-likeness (QED) is 0.235. The highest BCUT2D eigenvalue weighted by Crippen LogP contribution is 2.45. The van der Waals surface area contributed by atoms with Gasteiger partial charge in [0.15, 0.2) is 0 Å². The van der Waals surface area contributed by atoms with Crippen LogP contribution in [0.25, 0.3) is 6.08 Å². The van der Waals surface area contributed by atoms with Crippen molar-refractivity contribution >= 4 is 55.2 Å². The molecule has 0 N–H and O–H groups in total. The summed E-state index contributed by atoms with van der Waals surface area (Å²) in [5.41, 5.74) is 3.43. The zero-order chi connectivity index (χ0) is 25.4. The maximum absolute atomic E-state index is 13.8. The third-order valence-corrected chi connectivity index (χ3v) is 7.66. The van der Waals surface area contributed by atoms with Gasteiger partial charge in [0, 0.05) is 21.4 Å². The maximum Gasteiger partial charge on any atom is 0.320 e. The Morgan fingerprint density at radius 1 is 1.14 bits per heavy atom. The van der Waals surface area contributed by atoms with Gasteiger partial charge in [0.05, 0.1) is 16.7 Å². The second-order valence-electron chi connectivity index (χ2n) is 8.83. The minimum atomic E-state index is -0.563. The van der Waals surface area contributed by atoms with Crippen LogP contribution in [0.1, 0.15) is 53.8 Å². The Morgan fingerprint density at radius 3 is 2.44 bits per heavy atom. The highest BCUT2D eigenvalue weighted by Gasteiger charge is 2.45. The number of amides is 1. The molecular formula is C26H23Br2N5O3. The van der Waals surface area contributed by atoms with Crippen molar-refractivity contribution in [2.75, 3.05) is 0 Å². The summed E-state index contributed by atoms with van der Waals surface area (Å²) in [6, 6.07) is 15.5. The number of hydrazone groups is 1. The summed E-state index contributed by atoms with van der Waals surface area (Å²) in [5, 5.41) is 22.2. The van der Waals surface area contributed by atoms with Gasteiger partial charge in [-0.3, -0.25) is 19.6 Å². The first-order valence-electron chi connectivity index (χ1n) is 11.7. The molecular weight excluding hydrogens is 590 g/mol. The van der Waals surface area contributed by atoms with Gasteiger partial charge in [0.25, 0.3) is 0 Å². The molecule has 10 heteroatoms. The van der Waals surface area contributed by atoms with Crippen molar-refractivity contribution in [1.29, 1.82) is 0 Å². The van der Waals surface area contributed by atoms with E-state index in [0.29, 0.717) is 6.54 Å². The SMILES string of the molecule is CCn1cc([N+](=O)[O-])c(C(=O)N2N=C3/C(=C/c4ccc(Br)cc4)CCC[C@H]3[C@H]2c2ccc(Br)cc2)n1. The molecule has 36 heavy (non-hydrogen) atoms. The van der Waals surface area contributed by atoms with Crippen molar-refractivity contribution in [1.82, 2.24) is 14.8 Å². The van der Waals surface area contributed by atoms with Crippen LogP contribution in [0.2, 0.25) is 0 Å². The topological polar surface area (TPSA) is 93.6 Å². The third kappa shape index (κ3) is 4.67. The molecule has 1 aromatic heterocycles. The molecule has 2 aromatic carbocycles. The summed E-state index contributed by atoms with van der Waals surface area (Å²) in [4.78, 5) is 25.0. The van der Waals surface area contributed by atoms with Crippen LogP contribution in [0.5, 0.6) is 0 Å². The first-order chi connectivity index (χ1) is 17.4. The van der Waals surface area contributed by atoms with E-state index >= 15 is 0 Å². The number of aromatic nitrogens is 2. The molecule has 8 nitrogen and oxygen atoms in total. The number of rotatable bonds is 5. The van der Waals surface area contributed by atoms with Crippen LogP contribution in [0.15, 0.2) is 74.3 Å². The minimum absolute atomic E-state index is 0.0158. The largest absolute Gasteiger partial charge is 0.320 e. The molecule has 0 bridgehead atoms. The Hall–Kier alpha value is -3.11. The number of allylic oxidation sites excluding steroid dienone is 1. The average Bonchev–Trinajstić information content (AvgIpc) is 3.49. The monoisotopic (exact) mass is 611 g/mol. The predicted octanol–water partition coefficient (Wildman–Crippen LogP) is 6.77. The van der Waals surface area contributed by atoms with E-state index in [1.54, 1.807) is 0 Å². The van der Waals surface area contributed by atoms with E-state index in [1.165, 1.54) is 15.9 Å². The van der Waals surface area contributed by atoms with Gasteiger partial charge in [-0.1, -0.05) is 56.1 Å². The molecule has 0 radical (unpaired) electrons. The van der Waals surface area contributed by atoms with E-state index in [9.17, 15) is 14.9 Å². The van der Waals surface area contributed by atoms with Crippen molar-refractivity contribution in [3.63, 3.8) is 0 Å². The van der Waals surface area contributed by atoms with Gasteiger partial charge < -0.3 is 0 Å². The van der Waals surface area contributed by atoms with E-state index in [0.717, 1.165) is 50.6 Å². The van der Waals surface area contributed by atoms with Crippen molar-refractivity contribution < 1.29 is 9.72 Å². The van der Waals surface area contributed by atoms with Crippen molar-refractivity contribution in [2.45, 2.75) is 38.8 Å². The van der Waals surface area contributed by atoms with Gasteiger partial charge in [-0.05, 0) is 73.2 Å². The summed E-state index contributed by atoms with van der Waals surface area (Å²) in [6.45, 7) is 2.24. The number of benzene rings is 2. The highest BCUT2D eigenvalue weighted by molar-refractivity contribution is 9.10. The number of hydrogen-bond donors (Lipinski definition) is 0. The molecule has 1 saturated carbocycles. The molecule has 2 heterocycles. The molecule has 3 aromatic rings. The van der Waals surface area contributed by atoms with Gasteiger partial charge in [-0.15, -0.1) is 0 Å². The number of nitro groups is 1. The molecule has 0 spiro atoms. The van der Waals surface area contributed by atoms with E-state index in [1.807, 2.05) is 55.5 Å². The molecule has 5 rings (SSSR count). The van der Waals surface area contributed by atoms with E-state index in [-0.39, 0.29) is 23.3 Å². The fourth-order valence-corrected chi connectivity index (χ4v) is 5.42. The van der Waals surface area contributed by atoms with Crippen molar-refractivity contribution in [2.24, 2.45) is 11.0 Å². The number of aryl methyl sites for hydroxylation is 1. The second kappa shape index (κ2) is 10.1. The zero-order valence-electron chi connectivity index (χ0n) is 19.5. The third-order valence-electron chi connectivity index (χ3n) is 6.60. The summed E-state index contributed by atoms with van der Waals surface area (Å²) in [6.07, 6.45) is 6.11. The summed E-state index contributed by atoms with van der Waals surface area (Å²) in [5.74, 6) is -0.579. The van der Waals surface area contributed by atoms with Crippen molar-refractivity contribution in [3.05, 3.63) is 96.2 Å². The summed E-state index contributed by atoms with van der Waals surface area (Å²) >= 11 is 6.96. The first kappa shape index (κ1) is 24.6. The Balaban J connectivity index is 1.60. The van der Waals surface area contributed by atoms with Crippen LogP contribution in [-0.2, 0) is 6.54 Å². The number of carbonyl (C=O) groups excluding carboxylic acids is 1. The number of nitrogens with zero attached hydrogens (tertiary/aromatic N) is 5. The molecule has 184 valence electrons. The zero-order valence-corrected chi connectivity index (χ0v) is 22.6. The molecule has 0 saturated heterocycles. The molecule has 1 aliphatic heterocycles. The van der Waals surface area contributed by atoms with E-state index < -0.39 is 10.8 Å². The second-order valence-corrected chi connectivity index (χ2v) is 10.7. The van der Waals surface area contributed by atoms with Crippen LogP contribution < -0.4 is 0 Å². The fraction of sp³-hybridized carbons (Fsp3) is 0.269. The lowest BCUT2D eigenvalue weighted by atomic mass is 9.77. The van der Waals surface area contributed by atoms with Gasteiger partial charge in [0.1, 0.15) is 6.20 Å². The summed E-state index contributed by atoms with van der Waals surface area (Å²) in [7, 11) is 0. The van der Waals surface area contributed by atoms with Crippen LogP contribution >= 0.6 is 31.9 Å². The average molecular weight is 613 g/mol. The Kier molecular flexibility index (Phi) is 6.90. The Labute approximate surface area is 225 Å².